The van der Waals surface area contributed by atoms with Gasteiger partial charge in [-0.1, -0.05) is 50.6 Å². The van der Waals surface area contributed by atoms with Gasteiger partial charge in [0.25, 0.3) is 0 Å². The minimum Gasteiger partial charge on any atom is -0.388 e. The molecule has 1 atom stereocenters. The van der Waals surface area contributed by atoms with Crippen molar-refractivity contribution in [1.82, 2.24) is 0 Å². The standard InChI is InChI=1S/C15H22ClFO/c1-3-4-5-6-7-8-15(18)12-9-11(2)14(17)10-13(12)16/h9-10,15,18H,3-8H2,1-2H3. The highest BCUT2D eigenvalue weighted by molar-refractivity contribution is 6.31. The molecule has 0 radical (unpaired) electrons. The summed E-state index contributed by atoms with van der Waals surface area (Å²) < 4.78 is 13.2. The second-order valence-corrected chi connectivity index (χ2v) is 5.25. The fourth-order valence-electron chi connectivity index (χ4n) is 2.03. The van der Waals surface area contributed by atoms with E-state index in [1.807, 2.05) is 0 Å². The van der Waals surface area contributed by atoms with E-state index >= 15 is 0 Å². The average molecular weight is 273 g/mol. The van der Waals surface area contributed by atoms with Crippen LogP contribution in [0, 0.1) is 12.7 Å². The highest BCUT2D eigenvalue weighted by Crippen LogP contribution is 2.29. The Hall–Kier alpha value is -0.600. The van der Waals surface area contributed by atoms with Gasteiger partial charge in [0.05, 0.1) is 6.10 Å². The Labute approximate surface area is 114 Å². The molecule has 0 aliphatic carbocycles. The Morgan fingerprint density at radius 3 is 2.56 bits per heavy atom. The maximum absolute atomic E-state index is 13.2. The summed E-state index contributed by atoms with van der Waals surface area (Å²) in [6, 6.07) is 2.93. The van der Waals surface area contributed by atoms with E-state index in [9.17, 15) is 9.50 Å². The van der Waals surface area contributed by atoms with E-state index in [1.165, 1.54) is 25.3 Å². The van der Waals surface area contributed by atoms with Crippen molar-refractivity contribution in [3.05, 3.63) is 34.1 Å². The summed E-state index contributed by atoms with van der Waals surface area (Å²) in [6.07, 6.45) is 5.88. The third-order valence-corrected chi connectivity index (χ3v) is 3.55. The number of benzene rings is 1. The second kappa shape index (κ2) is 7.75. The molecule has 0 heterocycles. The van der Waals surface area contributed by atoms with Gasteiger partial charge in [0.1, 0.15) is 5.82 Å². The van der Waals surface area contributed by atoms with Crippen molar-refractivity contribution >= 4 is 11.6 Å². The van der Waals surface area contributed by atoms with Crippen LogP contribution in [0.1, 0.15) is 62.7 Å². The Balaban J connectivity index is 2.51. The van der Waals surface area contributed by atoms with Crippen molar-refractivity contribution < 1.29 is 9.50 Å². The van der Waals surface area contributed by atoms with Crippen LogP contribution in [0.4, 0.5) is 4.39 Å². The van der Waals surface area contributed by atoms with Gasteiger partial charge >= 0.3 is 0 Å². The zero-order valence-corrected chi connectivity index (χ0v) is 11.9. The average Bonchev–Trinajstić information content (AvgIpc) is 2.33. The Morgan fingerprint density at radius 2 is 1.89 bits per heavy atom. The molecule has 0 bridgehead atoms. The Kier molecular flexibility index (Phi) is 6.66. The lowest BCUT2D eigenvalue weighted by atomic mass is 10.0. The molecule has 0 amide bonds. The summed E-state index contributed by atoms with van der Waals surface area (Å²) in [7, 11) is 0. The van der Waals surface area contributed by atoms with Gasteiger partial charge in [-0.2, -0.15) is 0 Å². The fraction of sp³-hybridized carbons (Fsp3) is 0.600. The number of aryl methyl sites for hydroxylation is 1. The van der Waals surface area contributed by atoms with Crippen LogP contribution in [0.5, 0.6) is 0 Å². The summed E-state index contributed by atoms with van der Waals surface area (Å²) in [4.78, 5) is 0. The highest BCUT2D eigenvalue weighted by Gasteiger charge is 2.13. The van der Waals surface area contributed by atoms with Crippen LogP contribution < -0.4 is 0 Å². The molecule has 1 unspecified atom stereocenters. The van der Waals surface area contributed by atoms with Gasteiger partial charge in [-0.05, 0) is 36.6 Å². The molecule has 1 aromatic rings. The predicted octanol–water partition coefficient (Wildman–Crippen LogP) is 5.18. The third-order valence-electron chi connectivity index (χ3n) is 3.22. The van der Waals surface area contributed by atoms with E-state index in [1.54, 1.807) is 13.0 Å². The third kappa shape index (κ3) is 4.58. The Bertz CT molecular complexity index is 379. The molecule has 1 N–H and O–H groups in total. The van der Waals surface area contributed by atoms with Gasteiger partial charge in [0, 0.05) is 5.02 Å². The summed E-state index contributed by atoms with van der Waals surface area (Å²) in [5, 5.41) is 10.4. The zero-order chi connectivity index (χ0) is 13.5. The molecule has 18 heavy (non-hydrogen) atoms. The van der Waals surface area contributed by atoms with Crippen LogP contribution in [0.15, 0.2) is 12.1 Å². The molecule has 1 aromatic carbocycles. The number of hydrogen-bond acceptors (Lipinski definition) is 1. The first-order chi connectivity index (χ1) is 8.56. The first kappa shape index (κ1) is 15.5. The van der Waals surface area contributed by atoms with E-state index in [4.69, 9.17) is 11.6 Å². The maximum Gasteiger partial charge on any atom is 0.127 e. The molecule has 0 saturated carbocycles. The van der Waals surface area contributed by atoms with Crippen LogP contribution >= 0.6 is 11.6 Å². The summed E-state index contributed by atoms with van der Waals surface area (Å²) in [5.41, 5.74) is 1.17. The smallest absolute Gasteiger partial charge is 0.127 e. The van der Waals surface area contributed by atoms with Gasteiger partial charge in [-0.25, -0.2) is 4.39 Å². The largest absolute Gasteiger partial charge is 0.388 e. The molecule has 0 aromatic heterocycles. The molecule has 0 saturated heterocycles. The van der Waals surface area contributed by atoms with Crippen LogP contribution in [0.25, 0.3) is 0 Å². The molecule has 0 fully saturated rings. The minimum atomic E-state index is -0.585. The van der Waals surface area contributed by atoms with Crippen molar-refractivity contribution in [3.63, 3.8) is 0 Å². The lowest BCUT2D eigenvalue weighted by molar-refractivity contribution is 0.163. The van der Waals surface area contributed by atoms with Crippen molar-refractivity contribution in [1.29, 1.82) is 0 Å². The normalized spacial score (nSPS) is 12.7. The number of halogens is 2. The SMILES string of the molecule is CCCCCCCC(O)c1cc(C)c(F)cc1Cl. The molecule has 1 rings (SSSR count). The van der Waals surface area contributed by atoms with Gasteiger partial charge in [0.15, 0.2) is 0 Å². The summed E-state index contributed by atoms with van der Waals surface area (Å²) in [6.45, 7) is 3.86. The molecule has 3 heteroatoms. The number of rotatable bonds is 7. The van der Waals surface area contributed by atoms with Gasteiger partial charge in [-0.3, -0.25) is 0 Å². The first-order valence-electron chi connectivity index (χ1n) is 6.69. The number of aliphatic hydroxyl groups excluding tert-OH is 1. The number of unbranched alkanes of at least 4 members (excludes halogenated alkanes) is 4. The molecule has 0 aliphatic rings. The van der Waals surface area contributed by atoms with E-state index in [2.05, 4.69) is 6.92 Å². The molecular weight excluding hydrogens is 251 g/mol. The summed E-state index contributed by atoms with van der Waals surface area (Å²) >= 11 is 5.96. The molecule has 0 aliphatic heterocycles. The lowest BCUT2D eigenvalue weighted by Gasteiger charge is -2.14. The lowest BCUT2D eigenvalue weighted by Crippen LogP contribution is -2.00. The van der Waals surface area contributed by atoms with Crippen molar-refractivity contribution in [2.45, 2.75) is 58.5 Å². The monoisotopic (exact) mass is 272 g/mol. The summed E-state index contributed by atoms with van der Waals surface area (Å²) in [5.74, 6) is -0.320. The van der Waals surface area contributed by atoms with Crippen LogP contribution in [0.3, 0.4) is 0 Å². The van der Waals surface area contributed by atoms with Gasteiger partial charge in [0.2, 0.25) is 0 Å². The molecule has 0 spiro atoms. The quantitative estimate of drug-likeness (QED) is 0.678. The topological polar surface area (TPSA) is 20.2 Å². The highest BCUT2D eigenvalue weighted by atomic mass is 35.5. The first-order valence-corrected chi connectivity index (χ1v) is 7.07. The second-order valence-electron chi connectivity index (χ2n) is 4.84. The fourth-order valence-corrected chi connectivity index (χ4v) is 2.31. The van der Waals surface area contributed by atoms with Crippen molar-refractivity contribution in [3.8, 4) is 0 Å². The molecular formula is C15H22ClFO. The van der Waals surface area contributed by atoms with E-state index in [-0.39, 0.29) is 5.82 Å². The van der Waals surface area contributed by atoms with E-state index in [0.717, 1.165) is 12.8 Å². The van der Waals surface area contributed by atoms with E-state index < -0.39 is 6.10 Å². The predicted molar refractivity (Wildman–Crippen MR) is 74.5 cm³/mol. The maximum atomic E-state index is 13.2. The van der Waals surface area contributed by atoms with Crippen LogP contribution in [-0.4, -0.2) is 5.11 Å². The van der Waals surface area contributed by atoms with Crippen LogP contribution in [0.2, 0.25) is 5.02 Å². The molecule has 102 valence electrons. The molecule has 1 nitrogen and oxygen atoms in total. The van der Waals surface area contributed by atoms with Crippen LogP contribution in [-0.2, 0) is 0 Å². The zero-order valence-electron chi connectivity index (χ0n) is 11.2. The van der Waals surface area contributed by atoms with Gasteiger partial charge < -0.3 is 5.11 Å². The van der Waals surface area contributed by atoms with Gasteiger partial charge in [-0.15, -0.1) is 0 Å². The minimum absolute atomic E-state index is 0.319. The Morgan fingerprint density at radius 1 is 1.22 bits per heavy atom. The van der Waals surface area contributed by atoms with Crippen molar-refractivity contribution in [2.24, 2.45) is 0 Å². The number of aliphatic hydroxyl groups is 1. The number of hydrogen-bond donors (Lipinski definition) is 1. The van der Waals surface area contributed by atoms with Crippen molar-refractivity contribution in [2.75, 3.05) is 0 Å². The van der Waals surface area contributed by atoms with E-state index in [0.29, 0.717) is 22.6 Å².